The molecule has 3 aromatic rings. The molecule has 6 rings (SSSR count). The number of aryl methyl sites for hydroxylation is 1. The number of carboxylic acid groups (broad SMARTS) is 2. The van der Waals surface area contributed by atoms with E-state index >= 15 is 0 Å². The van der Waals surface area contributed by atoms with Crippen LogP contribution >= 0.6 is 11.3 Å². The van der Waals surface area contributed by atoms with Crippen molar-refractivity contribution in [1.29, 1.82) is 0 Å². The van der Waals surface area contributed by atoms with E-state index in [1.54, 1.807) is 0 Å². The third-order valence-corrected chi connectivity index (χ3v) is 8.66. The Bertz CT molecular complexity index is 1410. The summed E-state index contributed by atoms with van der Waals surface area (Å²) in [4.78, 5) is 38.5. The number of aromatic nitrogens is 4. The lowest BCUT2D eigenvalue weighted by atomic mass is 9.72. The van der Waals surface area contributed by atoms with Crippen molar-refractivity contribution < 1.29 is 46.1 Å². The van der Waals surface area contributed by atoms with E-state index in [1.165, 1.54) is 34.9 Å². The summed E-state index contributed by atoms with van der Waals surface area (Å²) in [6.07, 6.45) is -1.50. The zero-order valence-electron chi connectivity index (χ0n) is 24.2. The zero-order valence-corrected chi connectivity index (χ0v) is 25.0. The van der Waals surface area contributed by atoms with Crippen LogP contribution in [-0.4, -0.2) is 78.6 Å². The molecule has 0 aromatic carbocycles. The Balaban J connectivity index is 0.000000277. The van der Waals surface area contributed by atoms with Crippen molar-refractivity contribution in [3.8, 4) is 0 Å². The number of rotatable bonds is 5. The van der Waals surface area contributed by atoms with Crippen LogP contribution in [0.4, 0.5) is 32.3 Å². The second-order valence-corrected chi connectivity index (χ2v) is 12.2. The smallest absolute Gasteiger partial charge is 0.475 e. The minimum atomic E-state index is -5.08. The van der Waals surface area contributed by atoms with E-state index in [-0.39, 0.29) is 5.41 Å². The third kappa shape index (κ3) is 8.93. The fraction of sp³-hybridized carbons (Fsp3) is 0.536. The molecule has 1 aliphatic carbocycles. The van der Waals surface area contributed by atoms with Crippen LogP contribution in [0.25, 0.3) is 0 Å². The maximum atomic E-state index is 10.6. The lowest BCUT2D eigenvalue weighted by Crippen LogP contribution is -2.52. The van der Waals surface area contributed by atoms with Gasteiger partial charge >= 0.3 is 24.3 Å². The highest BCUT2D eigenvalue weighted by Crippen LogP contribution is 2.43. The summed E-state index contributed by atoms with van der Waals surface area (Å²) in [6, 6.07) is 6.33. The number of piperidine rings is 1. The SMILES string of the molecule is Cc1nc2c(n1CC1CC1)CN(Cc1cccs1)CC21CCN(c2ncccn2)CC1.O=C(O)C(F)(F)F.O=C(O)C(F)(F)F. The number of hydrogen-bond acceptors (Lipinski definition) is 8. The second kappa shape index (κ2) is 13.7. The summed E-state index contributed by atoms with van der Waals surface area (Å²) in [6.45, 7) is 8.51. The molecule has 0 radical (unpaired) electrons. The van der Waals surface area contributed by atoms with E-state index in [2.05, 4.69) is 48.8 Å². The number of nitrogens with zero attached hydrogens (tertiary/aromatic N) is 6. The number of carboxylic acids is 2. The Morgan fingerprint density at radius 1 is 1.00 bits per heavy atom. The molecule has 1 spiro atoms. The minimum absolute atomic E-state index is 0.135. The van der Waals surface area contributed by atoms with Crippen molar-refractivity contribution in [1.82, 2.24) is 24.4 Å². The molecule has 2 aliphatic heterocycles. The van der Waals surface area contributed by atoms with E-state index in [1.807, 2.05) is 29.8 Å². The van der Waals surface area contributed by atoms with Crippen LogP contribution in [0.2, 0.25) is 0 Å². The summed E-state index contributed by atoms with van der Waals surface area (Å²) >= 11 is 1.87. The Morgan fingerprint density at radius 2 is 1.58 bits per heavy atom. The summed E-state index contributed by atoms with van der Waals surface area (Å²) in [7, 11) is 0. The van der Waals surface area contributed by atoms with Crippen molar-refractivity contribution in [3.05, 3.63) is 58.1 Å². The first-order valence-corrected chi connectivity index (χ1v) is 14.9. The van der Waals surface area contributed by atoms with Gasteiger partial charge in [0.15, 0.2) is 0 Å². The van der Waals surface area contributed by atoms with Gasteiger partial charge < -0.3 is 19.7 Å². The Morgan fingerprint density at radius 3 is 2.07 bits per heavy atom. The predicted octanol–water partition coefficient (Wildman–Crippen LogP) is 5.27. The fourth-order valence-corrected chi connectivity index (χ4v) is 6.23. The molecule has 1 saturated heterocycles. The predicted molar refractivity (Wildman–Crippen MR) is 151 cm³/mol. The zero-order chi connectivity index (χ0) is 33.0. The number of anilines is 1. The summed E-state index contributed by atoms with van der Waals surface area (Å²) in [5.41, 5.74) is 3.01. The summed E-state index contributed by atoms with van der Waals surface area (Å²) in [5.74, 6) is -2.58. The highest BCUT2D eigenvalue weighted by molar-refractivity contribution is 7.09. The summed E-state index contributed by atoms with van der Waals surface area (Å²) in [5, 5.41) is 16.4. The van der Waals surface area contributed by atoms with Gasteiger partial charge in [0.05, 0.1) is 11.4 Å². The molecule has 3 aliphatic rings. The number of thiophene rings is 1. The molecule has 3 aromatic heterocycles. The molecule has 0 amide bonds. The Hall–Kier alpha value is -3.73. The number of imidazole rings is 1. The number of halogens is 6. The highest BCUT2D eigenvalue weighted by atomic mass is 32.1. The van der Waals surface area contributed by atoms with Crippen LogP contribution in [0, 0.1) is 12.8 Å². The largest absolute Gasteiger partial charge is 0.490 e. The van der Waals surface area contributed by atoms with E-state index in [4.69, 9.17) is 24.8 Å². The van der Waals surface area contributed by atoms with Crippen LogP contribution in [0.1, 0.15) is 47.8 Å². The topological polar surface area (TPSA) is 125 Å². The Kier molecular flexibility index (Phi) is 10.4. The molecule has 0 atom stereocenters. The van der Waals surface area contributed by atoms with E-state index in [0.29, 0.717) is 0 Å². The Labute approximate surface area is 258 Å². The number of aliphatic carboxylic acids is 2. The second-order valence-electron chi connectivity index (χ2n) is 11.2. The monoisotopic (exact) mass is 662 g/mol. The molecule has 1 saturated carbocycles. The first-order chi connectivity index (χ1) is 21.1. The molecule has 0 bridgehead atoms. The van der Waals surface area contributed by atoms with Gasteiger partial charge in [0.2, 0.25) is 5.95 Å². The molecule has 2 fully saturated rings. The van der Waals surface area contributed by atoms with Crippen LogP contribution in [-0.2, 0) is 34.6 Å². The first kappa shape index (κ1) is 34.1. The van der Waals surface area contributed by atoms with Gasteiger partial charge in [-0.2, -0.15) is 26.3 Å². The van der Waals surface area contributed by atoms with Crippen molar-refractivity contribution in [2.75, 3.05) is 24.5 Å². The molecule has 45 heavy (non-hydrogen) atoms. The van der Waals surface area contributed by atoms with Gasteiger partial charge in [0, 0.05) is 62.0 Å². The number of alkyl halides is 6. The minimum Gasteiger partial charge on any atom is -0.475 e. The fourth-order valence-electron chi connectivity index (χ4n) is 5.49. The molecular formula is C28H32F6N6O4S. The van der Waals surface area contributed by atoms with Crippen molar-refractivity contribution in [2.45, 2.75) is 70.0 Å². The molecule has 17 heteroatoms. The van der Waals surface area contributed by atoms with Gasteiger partial charge in [-0.3, -0.25) is 4.90 Å². The maximum Gasteiger partial charge on any atom is 0.490 e. The quantitative estimate of drug-likeness (QED) is 0.352. The van der Waals surface area contributed by atoms with Crippen molar-refractivity contribution in [3.63, 3.8) is 0 Å². The van der Waals surface area contributed by atoms with Crippen LogP contribution < -0.4 is 4.90 Å². The van der Waals surface area contributed by atoms with E-state index in [9.17, 15) is 26.3 Å². The summed E-state index contributed by atoms with van der Waals surface area (Å²) < 4.78 is 66.0. The van der Waals surface area contributed by atoms with E-state index < -0.39 is 24.3 Å². The number of fused-ring (bicyclic) bond motifs is 2. The molecule has 10 nitrogen and oxygen atoms in total. The molecular weight excluding hydrogens is 630 g/mol. The lowest BCUT2D eigenvalue weighted by Gasteiger charge is -2.47. The van der Waals surface area contributed by atoms with Crippen LogP contribution in [0.15, 0.2) is 36.0 Å². The van der Waals surface area contributed by atoms with Gasteiger partial charge in [0.1, 0.15) is 5.82 Å². The van der Waals surface area contributed by atoms with Crippen molar-refractivity contribution in [2.24, 2.45) is 5.92 Å². The highest BCUT2D eigenvalue weighted by Gasteiger charge is 2.46. The van der Waals surface area contributed by atoms with Gasteiger partial charge in [-0.1, -0.05) is 6.07 Å². The molecule has 5 heterocycles. The van der Waals surface area contributed by atoms with Gasteiger partial charge in [-0.25, -0.2) is 24.5 Å². The maximum absolute atomic E-state index is 10.6. The van der Waals surface area contributed by atoms with Crippen LogP contribution in [0.3, 0.4) is 0 Å². The molecule has 0 unspecified atom stereocenters. The number of hydrogen-bond donors (Lipinski definition) is 2. The lowest BCUT2D eigenvalue weighted by molar-refractivity contribution is -0.193. The van der Waals surface area contributed by atoms with Gasteiger partial charge in [0.25, 0.3) is 0 Å². The van der Waals surface area contributed by atoms with Crippen LogP contribution in [0.5, 0.6) is 0 Å². The van der Waals surface area contributed by atoms with Gasteiger partial charge in [-0.05, 0) is 56.0 Å². The third-order valence-electron chi connectivity index (χ3n) is 7.80. The molecule has 246 valence electrons. The average Bonchev–Trinajstić information content (AvgIpc) is 3.55. The normalized spacial score (nSPS) is 17.9. The number of carbonyl (C=O) groups is 2. The van der Waals surface area contributed by atoms with Gasteiger partial charge in [-0.15, -0.1) is 11.3 Å². The molecule has 2 N–H and O–H groups in total. The average molecular weight is 663 g/mol. The first-order valence-electron chi connectivity index (χ1n) is 14.0. The van der Waals surface area contributed by atoms with Crippen molar-refractivity contribution >= 4 is 29.2 Å². The van der Waals surface area contributed by atoms with E-state index in [0.717, 1.165) is 64.0 Å². The standard InChI is InChI=1S/C24H30N6S.2C2HF3O2/c1-18-27-22-21(30(18)14-19-5-6-19)16-28(15-20-4-2-13-31-20)17-24(22)7-11-29(12-8-24)23-25-9-3-10-26-23;2*3-2(4,5)1(6)7/h2-4,9-10,13,19H,5-8,11-12,14-17H2,1H3;2*(H,6,7).